The highest BCUT2D eigenvalue weighted by Gasteiger charge is 2.16. The Balaban J connectivity index is 1.39. The van der Waals surface area contributed by atoms with E-state index in [-0.39, 0.29) is 0 Å². The molecular weight excluding hydrogens is 510 g/mol. The van der Waals surface area contributed by atoms with Gasteiger partial charge < -0.3 is 0 Å². The Morgan fingerprint density at radius 1 is 0.262 bits per heavy atom. The van der Waals surface area contributed by atoms with Crippen molar-refractivity contribution in [2.24, 2.45) is 0 Å². The summed E-state index contributed by atoms with van der Waals surface area (Å²) >= 11 is 0. The Hall–Kier alpha value is -5.67. The minimum atomic E-state index is 0.654. The molecule has 196 valence electrons. The number of hydrogen-bond donors (Lipinski definition) is 0. The maximum atomic E-state index is 5.11. The molecule has 0 spiro atoms. The molecule has 8 aromatic rings. The van der Waals surface area contributed by atoms with Gasteiger partial charge in [0.05, 0.1) is 0 Å². The number of nitrogens with zero attached hydrogens (tertiary/aromatic N) is 3. The lowest BCUT2D eigenvalue weighted by Crippen LogP contribution is -2.01. The van der Waals surface area contributed by atoms with E-state index in [1.807, 2.05) is 42.5 Å². The second-order valence-electron chi connectivity index (χ2n) is 10.4. The molecule has 1 aromatic heterocycles. The maximum Gasteiger partial charge on any atom is 0.164 e. The zero-order chi connectivity index (χ0) is 27.9. The highest BCUT2D eigenvalue weighted by atomic mass is 15.0. The van der Waals surface area contributed by atoms with Crippen LogP contribution in [-0.4, -0.2) is 15.0 Å². The average Bonchev–Trinajstić information content (AvgIpc) is 3.09. The summed E-state index contributed by atoms with van der Waals surface area (Å²) in [5.74, 6) is 1.96. The van der Waals surface area contributed by atoms with Gasteiger partial charge in [-0.05, 0) is 49.5 Å². The van der Waals surface area contributed by atoms with E-state index in [1.54, 1.807) is 0 Å². The van der Waals surface area contributed by atoms with E-state index in [9.17, 15) is 0 Å². The normalized spacial score (nSPS) is 11.3. The summed E-state index contributed by atoms with van der Waals surface area (Å²) in [5.41, 5.74) is 5.10. The lowest BCUT2D eigenvalue weighted by molar-refractivity contribution is 1.07. The molecule has 8 rings (SSSR count). The molecule has 0 fully saturated rings. The van der Waals surface area contributed by atoms with Crippen molar-refractivity contribution in [3.05, 3.63) is 152 Å². The molecule has 0 N–H and O–H groups in total. The summed E-state index contributed by atoms with van der Waals surface area (Å²) in [6.07, 6.45) is 0. The Labute approximate surface area is 243 Å². The van der Waals surface area contributed by atoms with E-state index in [1.165, 1.54) is 32.3 Å². The largest absolute Gasteiger partial charge is 0.208 e. The lowest BCUT2D eigenvalue weighted by Gasteiger charge is -2.13. The van der Waals surface area contributed by atoms with Gasteiger partial charge in [-0.2, -0.15) is 0 Å². The number of aromatic nitrogens is 3. The van der Waals surface area contributed by atoms with Gasteiger partial charge in [-0.1, -0.05) is 146 Å². The summed E-state index contributed by atoms with van der Waals surface area (Å²) < 4.78 is 0. The molecule has 0 saturated heterocycles. The number of fused-ring (bicyclic) bond motifs is 6. The molecule has 0 aliphatic heterocycles. The minimum Gasteiger partial charge on any atom is -0.208 e. The first-order chi connectivity index (χ1) is 20.8. The molecule has 0 aliphatic rings. The van der Waals surface area contributed by atoms with E-state index in [0.717, 1.165) is 27.8 Å². The van der Waals surface area contributed by atoms with Crippen molar-refractivity contribution in [2.45, 2.75) is 0 Å². The standard InChI is InChI=1S/C39H25N3/c1-3-13-26(14-4-1)29-17-7-12-22-35(29)39-41-37(27-15-5-2-6-16-27)40-38(42-39)28-23-24-34-32-20-9-8-18-30(32)31-19-10-11-21-33(31)36(34)25-28/h1-25H. The van der Waals surface area contributed by atoms with Crippen LogP contribution in [0.5, 0.6) is 0 Å². The third-order valence-electron chi connectivity index (χ3n) is 7.92. The highest BCUT2D eigenvalue weighted by Crippen LogP contribution is 2.37. The summed E-state index contributed by atoms with van der Waals surface area (Å²) in [5, 5.41) is 7.39. The molecule has 0 amide bonds. The van der Waals surface area contributed by atoms with Gasteiger partial charge in [-0.25, -0.2) is 15.0 Å². The number of benzene rings is 7. The molecule has 0 bridgehead atoms. The molecule has 3 nitrogen and oxygen atoms in total. The van der Waals surface area contributed by atoms with Crippen LogP contribution < -0.4 is 0 Å². The zero-order valence-corrected chi connectivity index (χ0v) is 22.8. The first-order valence-corrected chi connectivity index (χ1v) is 14.1. The van der Waals surface area contributed by atoms with Crippen molar-refractivity contribution >= 4 is 32.3 Å². The Morgan fingerprint density at radius 2 is 0.690 bits per heavy atom. The fourth-order valence-electron chi connectivity index (χ4n) is 5.94. The zero-order valence-electron chi connectivity index (χ0n) is 22.8. The molecule has 1 heterocycles. The minimum absolute atomic E-state index is 0.654. The molecule has 42 heavy (non-hydrogen) atoms. The van der Waals surface area contributed by atoms with Crippen molar-refractivity contribution in [1.82, 2.24) is 15.0 Å². The third-order valence-corrected chi connectivity index (χ3v) is 7.92. The van der Waals surface area contributed by atoms with Crippen LogP contribution in [0.4, 0.5) is 0 Å². The van der Waals surface area contributed by atoms with Gasteiger partial charge in [0.2, 0.25) is 0 Å². The second kappa shape index (κ2) is 10.1. The lowest BCUT2D eigenvalue weighted by atomic mass is 9.93. The fraction of sp³-hybridized carbons (Fsp3) is 0. The molecule has 0 saturated carbocycles. The summed E-state index contributed by atoms with van der Waals surface area (Å²) in [6, 6.07) is 52.7. The number of rotatable bonds is 4. The van der Waals surface area contributed by atoms with Gasteiger partial charge in [0, 0.05) is 16.7 Å². The molecule has 0 radical (unpaired) electrons. The van der Waals surface area contributed by atoms with Crippen molar-refractivity contribution in [2.75, 3.05) is 0 Å². The summed E-state index contributed by atoms with van der Waals surface area (Å²) in [6.45, 7) is 0. The third kappa shape index (κ3) is 4.11. The van der Waals surface area contributed by atoms with Crippen LogP contribution in [-0.2, 0) is 0 Å². The van der Waals surface area contributed by atoms with Gasteiger partial charge >= 0.3 is 0 Å². The molecule has 0 aliphatic carbocycles. The van der Waals surface area contributed by atoms with Gasteiger partial charge in [-0.3, -0.25) is 0 Å². The quantitative estimate of drug-likeness (QED) is 0.211. The first kappa shape index (κ1) is 24.2. The summed E-state index contributed by atoms with van der Waals surface area (Å²) in [7, 11) is 0. The first-order valence-electron chi connectivity index (χ1n) is 14.1. The van der Waals surface area contributed by atoms with Crippen LogP contribution >= 0.6 is 0 Å². The van der Waals surface area contributed by atoms with Crippen LogP contribution in [0.3, 0.4) is 0 Å². The molecule has 3 heteroatoms. The molecule has 0 unspecified atom stereocenters. The monoisotopic (exact) mass is 535 g/mol. The highest BCUT2D eigenvalue weighted by molar-refractivity contribution is 6.25. The van der Waals surface area contributed by atoms with Gasteiger partial charge in [0.1, 0.15) is 0 Å². The fourth-order valence-corrected chi connectivity index (χ4v) is 5.94. The SMILES string of the molecule is c1ccc(-c2nc(-c3ccc4c5ccccc5c5ccccc5c4c3)nc(-c3ccccc3-c3ccccc3)n2)cc1. The maximum absolute atomic E-state index is 5.11. The predicted octanol–water partition coefficient (Wildman–Crippen LogP) is 10.00. The Bertz CT molecular complexity index is 2200. The van der Waals surface area contributed by atoms with Crippen LogP contribution in [0.2, 0.25) is 0 Å². The Kier molecular flexibility index (Phi) is 5.79. The van der Waals surface area contributed by atoms with E-state index >= 15 is 0 Å². The van der Waals surface area contributed by atoms with Gasteiger partial charge in [0.25, 0.3) is 0 Å². The van der Waals surface area contributed by atoms with E-state index < -0.39 is 0 Å². The van der Waals surface area contributed by atoms with Crippen LogP contribution in [0, 0.1) is 0 Å². The van der Waals surface area contributed by atoms with E-state index in [4.69, 9.17) is 15.0 Å². The summed E-state index contributed by atoms with van der Waals surface area (Å²) in [4.78, 5) is 15.2. The predicted molar refractivity (Wildman–Crippen MR) is 174 cm³/mol. The second-order valence-corrected chi connectivity index (χ2v) is 10.4. The van der Waals surface area contributed by atoms with Crippen molar-refractivity contribution < 1.29 is 0 Å². The van der Waals surface area contributed by atoms with Crippen molar-refractivity contribution in [3.63, 3.8) is 0 Å². The number of hydrogen-bond acceptors (Lipinski definition) is 3. The topological polar surface area (TPSA) is 38.7 Å². The average molecular weight is 536 g/mol. The molecule has 0 atom stereocenters. The van der Waals surface area contributed by atoms with Crippen molar-refractivity contribution in [1.29, 1.82) is 0 Å². The molecule has 7 aromatic carbocycles. The van der Waals surface area contributed by atoms with Crippen molar-refractivity contribution in [3.8, 4) is 45.3 Å². The molecular formula is C39H25N3. The smallest absolute Gasteiger partial charge is 0.164 e. The van der Waals surface area contributed by atoms with E-state index in [2.05, 4.69) is 109 Å². The van der Waals surface area contributed by atoms with Gasteiger partial charge in [0.15, 0.2) is 17.5 Å². The van der Waals surface area contributed by atoms with Crippen LogP contribution in [0.25, 0.3) is 77.6 Å². The Morgan fingerprint density at radius 3 is 1.31 bits per heavy atom. The van der Waals surface area contributed by atoms with Crippen LogP contribution in [0.1, 0.15) is 0 Å². The van der Waals surface area contributed by atoms with Gasteiger partial charge in [-0.15, -0.1) is 0 Å². The van der Waals surface area contributed by atoms with Crippen LogP contribution in [0.15, 0.2) is 152 Å². The van der Waals surface area contributed by atoms with E-state index in [0.29, 0.717) is 17.5 Å².